The molecular formula is C17H19F3N4O3. The highest BCUT2D eigenvalue weighted by Gasteiger charge is 2.54. The van der Waals surface area contributed by atoms with Gasteiger partial charge in [0.25, 0.3) is 11.8 Å². The molecular weight excluding hydrogens is 365 g/mol. The number of carbonyl (C=O) groups excluding carboxylic acids is 1. The highest BCUT2D eigenvalue weighted by Crippen LogP contribution is 2.43. The largest absolute Gasteiger partial charge is 0.448 e. The van der Waals surface area contributed by atoms with E-state index in [0.29, 0.717) is 5.89 Å². The van der Waals surface area contributed by atoms with Gasteiger partial charge in [-0.1, -0.05) is 0 Å². The van der Waals surface area contributed by atoms with Crippen molar-refractivity contribution in [1.29, 1.82) is 0 Å². The van der Waals surface area contributed by atoms with Crippen molar-refractivity contribution >= 4 is 11.6 Å². The number of alkyl halides is 2. The predicted octanol–water partition coefficient (Wildman–Crippen LogP) is 2.43. The fraction of sp³-hybridized carbons (Fsp3) is 0.412. The molecule has 7 nitrogen and oxygen atoms in total. The summed E-state index contributed by atoms with van der Waals surface area (Å²) in [4.78, 5) is 16.1. The third-order valence-electron chi connectivity index (χ3n) is 4.54. The molecule has 3 rings (SSSR count). The van der Waals surface area contributed by atoms with Crippen LogP contribution in [0.25, 0.3) is 0 Å². The molecule has 1 aromatic heterocycles. The zero-order chi connectivity index (χ0) is 19.8. The van der Waals surface area contributed by atoms with Crippen molar-refractivity contribution < 1.29 is 27.1 Å². The summed E-state index contributed by atoms with van der Waals surface area (Å²) in [6, 6.07) is 3.47. The normalized spacial score (nSPS) is 23.0. The Kier molecular flexibility index (Phi) is 4.98. The number of hydrogen-bond donors (Lipinski definition) is 2. The van der Waals surface area contributed by atoms with Crippen LogP contribution in [-0.4, -0.2) is 41.7 Å². The molecule has 0 spiro atoms. The molecule has 27 heavy (non-hydrogen) atoms. The highest BCUT2D eigenvalue weighted by atomic mass is 19.3. The van der Waals surface area contributed by atoms with Gasteiger partial charge in [-0.25, -0.2) is 23.2 Å². The molecule has 1 amide bonds. The van der Waals surface area contributed by atoms with E-state index in [0.717, 1.165) is 11.1 Å². The van der Waals surface area contributed by atoms with Gasteiger partial charge in [-0.3, -0.25) is 10.6 Å². The summed E-state index contributed by atoms with van der Waals surface area (Å²) < 4.78 is 53.8. The van der Waals surface area contributed by atoms with Crippen molar-refractivity contribution in [3.05, 3.63) is 47.4 Å². The van der Waals surface area contributed by atoms with Crippen molar-refractivity contribution in [2.24, 2.45) is 5.84 Å². The number of amides is 1. The third-order valence-corrected chi connectivity index (χ3v) is 4.54. The number of rotatable bonds is 3. The molecule has 10 heteroatoms. The van der Waals surface area contributed by atoms with E-state index in [4.69, 9.17) is 15.0 Å². The Morgan fingerprint density at radius 3 is 2.81 bits per heavy atom. The van der Waals surface area contributed by atoms with Gasteiger partial charge in [0.05, 0.1) is 5.41 Å². The molecule has 2 aromatic rings. The maximum atomic E-state index is 14.7. The molecule has 1 atom stereocenters. The van der Waals surface area contributed by atoms with E-state index in [1.54, 1.807) is 6.92 Å². The SMILES string of the molecule is Cc1nc(C(=O)Nc2ccc(F)c(C3(C)CN(N)COCC3(F)F)c2)co1. The number of hydrogen-bond acceptors (Lipinski definition) is 6. The average molecular weight is 384 g/mol. The molecule has 1 aliphatic heterocycles. The van der Waals surface area contributed by atoms with E-state index in [-0.39, 0.29) is 30.2 Å². The Labute approximate surface area is 153 Å². The van der Waals surface area contributed by atoms with Crippen molar-refractivity contribution in [2.45, 2.75) is 25.2 Å². The summed E-state index contributed by atoms with van der Waals surface area (Å²) in [7, 11) is 0. The number of nitrogens with two attached hydrogens (primary N) is 1. The molecule has 1 aliphatic rings. The van der Waals surface area contributed by atoms with Crippen molar-refractivity contribution in [2.75, 3.05) is 25.2 Å². The lowest BCUT2D eigenvalue weighted by Gasteiger charge is -2.37. The molecule has 1 unspecified atom stereocenters. The monoisotopic (exact) mass is 384 g/mol. The second-order valence-corrected chi connectivity index (χ2v) is 6.66. The molecule has 0 bridgehead atoms. The first-order chi connectivity index (χ1) is 12.6. The Bertz CT molecular complexity index is 858. The quantitative estimate of drug-likeness (QED) is 0.790. The predicted molar refractivity (Wildman–Crippen MR) is 89.6 cm³/mol. The fourth-order valence-electron chi connectivity index (χ4n) is 2.99. The Balaban J connectivity index is 1.95. The van der Waals surface area contributed by atoms with Crippen molar-refractivity contribution in [1.82, 2.24) is 9.99 Å². The molecule has 1 aromatic carbocycles. The standard InChI is InChI=1S/C17H19F3N4O3/c1-10-22-14(6-27-10)15(25)23-11-3-4-13(18)12(5-11)16(2)7-24(21)9-26-8-17(16,19)20/h3-6H,7-9,21H2,1-2H3,(H,23,25). The van der Waals surface area contributed by atoms with E-state index >= 15 is 0 Å². The first-order valence-electron chi connectivity index (χ1n) is 8.11. The van der Waals surface area contributed by atoms with Gasteiger partial charge < -0.3 is 14.5 Å². The maximum absolute atomic E-state index is 14.7. The molecule has 1 saturated heterocycles. The zero-order valence-electron chi connectivity index (χ0n) is 14.8. The first kappa shape index (κ1) is 19.3. The number of aryl methyl sites for hydroxylation is 1. The van der Waals surface area contributed by atoms with E-state index < -0.39 is 29.7 Å². The Hall–Kier alpha value is -2.43. The number of benzene rings is 1. The number of ether oxygens (including phenoxy) is 1. The van der Waals surface area contributed by atoms with Crippen LogP contribution in [0.2, 0.25) is 0 Å². The summed E-state index contributed by atoms with van der Waals surface area (Å²) in [5, 5.41) is 3.56. The summed E-state index contributed by atoms with van der Waals surface area (Å²) in [5.41, 5.74) is -2.08. The highest BCUT2D eigenvalue weighted by molar-refractivity contribution is 6.02. The second kappa shape index (κ2) is 6.95. The van der Waals surface area contributed by atoms with Crippen LogP contribution in [0.4, 0.5) is 18.9 Å². The van der Waals surface area contributed by atoms with Gasteiger partial charge >= 0.3 is 0 Å². The average Bonchev–Trinajstić information content (AvgIpc) is 2.98. The number of carbonyl (C=O) groups is 1. The fourth-order valence-corrected chi connectivity index (χ4v) is 2.99. The van der Waals surface area contributed by atoms with Crippen LogP contribution in [0.15, 0.2) is 28.9 Å². The molecule has 0 radical (unpaired) electrons. The van der Waals surface area contributed by atoms with Gasteiger partial charge in [0.15, 0.2) is 11.6 Å². The van der Waals surface area contributed by atoms with Gasteiger partial charge in [-0.2, -0.15) is 0 Å². The van der Waals surface area contributed by atoms with Crippen LogP contribution >= 0.6 is 0 Å². The summed E-state index contributed by atoms with van der Waals surface area (Å²) >= 11 is 0. The van der Waals surface area contributed by atoms with Crippen molar-refractivity contribution in [3.8, 4) is 0 Å². The number of anilines is 1. The molecule has 3 N–H and O–H groups in total. The number of halogens is 3. The number of nitrogens with one attached hydrogen (secondary N) is 1. The lowest BCUT2D eigenvalue weighted by atomic mass is 9.76. The lowest BCUT2D eigenvalue weighted by Crippen LogP contribution is -2.52. The van der Waals surface area contributed by atoms with Crippen LogP contribution in [0.3, 0.4) is 0 Å². The van der Waals surface area contributed by atoms with Gasteiger partial charge in [0, 0.05) is 24.7 Å². The van der Waals surface area contributed by atoms with Crippen LogP contribution in [-0.2, 0) is 10.2 Å². The maximum Gasteiger partial charge on any atom is 0.281 e. The number of oxazole rings is 1. The van der Waals surface area contributed by atoms with Crippen molar-refractivity contribution in [3.63, 3.8) is 0 Å². The van der Waals surface area contributed by atoms with E-state index in [1.165, 1.54) is 25.3 Å². The number of nitrogens with zero attached hydrogens (tertiary/aromatic N) is 2. The van der Waals surface area contributed by atoms with E-state index in [9.17, 15) is 18.0 Å². The van der Waals surface area contributed by atoms with Crippen LogP contribution < -0.4 is 11.2 Å². The van der Waals surface area contributed by atoms with Gasteiger partial charge in [-0.15, -0.1) is 0 Å². The topological polar surface area (TPSA) is 93.6 Å². The van der Waals surface area contributed by atoms with Gasteiger partial charge in [0.2, 0.25) is 0 Å². The molecule has 0 saturated carbocycles. The van der Waals surface area contributed by atoms with Crippen LogP contribution in [0.1, 0.15) is 28.9 Å². The van der Waals surface area contributed by atoms with Crippen LogP contribution in [0, 0.1) is 12.7 Å². The minimum atomic E-state index is -3.38. The lowest BCUT2D eigenvalue weighted by molar-refractivity contribution is -0.111. The molecule has 1 fully saturated rings. The van der Waals surface area contributed by atoms with E-state index in [2.05, 4.69) is 10.3 Å². The summed E-state index contributed by atoms with van der Waals surface area (Å²) in [5.74, 6) is 1.16. The smallest absolute Gasteiger partial charge is 0.281 e. The molecule has 2 heterocycles. The van der Waals surface area contributed by atoms with E-state index in [1.807, 2.05) is 0 Å². The van der Waals surface area contributed by atoms with Gasteiger partial charge in [0.1, 0.15) is 25.4 Å². The number of aromatic nitrogens is 1. The molecule has 0 aliphatic carbocycles. The summed E-state index contributed by atoms with van der Waals surface area (Å²) in [6.07, 6.45) is 1.17. The summed E-state index contributed by atoms with van der Waals surface area (Å²) in [6.45, 7) is 1.35. The second-order valence-electron chi connectivity index (χ2n) is 6.66. The Morgan fingerprint density at radius 1 is 1.41 bits per heavy atom. The molecule has 146 valence electrons. The first-order valence-corrected chi connectivity index (χ1v) is 8.11. The number of hydrazine groups is 1. The van der Waals surface area contributed by atoms with Crippen LogP contribution in [0.5, 0.6) is 0 Å². The minimum Gasteiger partial charge on any atom is -0.448 e. The Morgan fingerprint density at radius 2 is 2.15 bits per heavy atom. The third kappa shape index (κ3) is 3.68. The minimum absolute atomic E-state index is 0.0194. The zero-order valence-corrected chi connectivity index (χ0v) is 14.8. The van der Waals surface area contributed by atoms with Gasteiger partial charge in [-0.05, 0) is 25.1 Å².